The Morgan fingerprint density at radius 1 is 1.24 bits per heavy atom. The molecular weight excluding hydrogens is 352 g/mol. The maximum Gasteiger partial charge on any atom is 0.163 e. The molecule has 0 saturated heterocycles. The Balaban J connectivity index is 2.31. The van der Waals surface area contributed by atoms with Crippen LogP contribution in [0, 0.1) is 6.92 Å². The Kier molecular flexibility index (Phi) is 4.04. The summed E-state index contributed by atoms with van der Waals surface area (Å²) in [6.45, 7) is 4.90. The fourth-order valence-corrected chi connectivity index (χ4v) is 2.98. The molecule has 0 aliphatic rings. The molecule has 3 aromatic rings. The molecule has 2 heterocycles. The number of alkyl halides is 1. The molecule has 0 unspecified atom stereocenters. The standard InChI is InChI=1S/C15H16BrClN4/c1-3-20-15-14(10(2)19-20)18-13(8-9-17)21(15)12-6-4-11(16)5-7-12/h4-7H,3,8-9H2,1-2H3. The lowest BCUT2D eigenvalue weighted by Gasteiger charge is -2.10. The van der Waals surface area contributed by atoms with E-state index in [1.54, 1.807) is 0 Å². The molecule has 0 amide bonds. The third-order valence-corrected chi connectivity index (χ3v) is 4.20. The minimum absolute atomic E-state index is 0.550. The SMILES string of the molecule is CCn1nc(C)c2nc(CCCl)n(-c3ccc(Br)cc3)c21. The average Bonchev–Trinajstić information content (AvgIpc) is 2.98. The van der Waals surface area contributed by atoms with Crippen molar-refractivity contribution in [2.75, 3.05) is 5.88 Å². The van der Waals surface area contributed by atoms with Crippen LogP contribution in [0.1, 0.15) is 18.4 Å². The summed E-state index contributed by atoms with van der Waals surface area (Å²) in [5, 5.41) is 4.56. The van der Waals surface area contributed by atoms with Gasteiger partial charge in [-0.05, 0) is 38.1 Å². The number of nitrogens with zero attached hydrogens (tertiary/aromatic N) is 4. The van der Waals surface area contributed by atoms with Crippen LogP contribution in [0.4, 0.5) is 0 Å². The summed E-state index contributed by atoms with van der Waals surface area (Å²) in [5.41, 5.74) is 4.03. The van der Waals surface area contributed by atoms with E-state index < -0.39 is 0 Å². The van der Waals surface area contributed by atoms with Crippen LogP contribution >= 0.6 is 27.5 Å². The maximum absolute atomic E-state index is 5.95. The van der Waals surface area contributed by atoms with Crippen molar-refractivity contribution in [1.82, 2.24) is 19.3 Å². The zero-order chi connectivity index (χ0) is 15.0. The van der Waals surface area contributed by atoms with Gasteiger partial charge >= 0.3 is 0 Å². The van der Waals surface area contributed by atoms with E-state index in [0.29, 0.717) is 5.88 Å². The van der Waals surface area contributed by atoms with Crippen molar-refractivity contribution in [1.29, 1.82) is 0 Å². The van der Waals surface area contributed by atoms with Gasteiger partial charge in [0.05, 0.1) is 5.69 Å². The van der Waals surface area contributed by atoms with E-state index in [1.807, 2.05) is 23.7 Å². The molecule has 21 heavy (non-hydrogen) atoms. The molecule has 4 nitrogen and oxygen atoms in total. The van der Waals surface area contributed by atoms with E-state index in [1.165, 1.54) is 0 Å². The molecule has 3 rings (SSSR count). The van der Waals surface area contributed by atoms with Gasteiger partial charge in [0.1, 0.15) is 11.3 Å². The number of rotatable bonds is 4. The Morgan fingerprint density at radius 2 is 1.95 bits per heavy atom. The van der Waals surface area contributed by atoms with Crippen molar-refractivity contribution in [3.8, 4) is 5.69 Å². The minimum Gasteiger partial charge on any atom is -0.281 e. The van der Waals surface area contributed by atoms with Crippen LogP contribution in [-0.4, -0.2) is 25.2 Å². The highest BCUT2D eigenvalue weighted by Crippen LogP contribution is 2.25. The van der Waals surface area contributed by atoms with Gasteiger partial charge in [0.2, 0.25) is 0 Å². The van der Waals surface area contributed by atoms with Crippen molar-refractivity contribution >= 4 is 38.7 Å². The number of imidazole rings is 1. The highest BCUT2D eigenvalue weighted by atomic mass is 79.9. The minimum atomic E-state index is 0.550. The topological polar surface area (TPSA) is 35.6 Å². The maximum atomic E-state index is 5.95. The van der Waals surface area contributed by atoms with Crippen LogP contribution in [0.2, 0.25) is 0 Å². The van der Waals surface area contributed by atoms with Crippen molar-refractivity contribution < 1.29 is 0 Å². The second kappa shape index (κ2) is 5.81. The molecule has 1 aromatic carbocycles. The van der Waals surface area contributed by atoms with Gasteiger partial charge < -0.3 is 0 Å². The molecule has 0 atom stereocenters. The molecular formula is C15H16BrClN4. The molecule has 110 valence electrons. The second-order valence-electron chi connectivity index (χ2n) is 4.85. The van der Waals surface area contributed by atoms with E-state index >= 15 is 0 Å². The fourth-order valence-electron chi connectivity index (χ4n) is 2.55. The van der Waals surface area contributed by atoms with Crippen LogP contribution in [0.3, 0.4) is 0 Å². The summed E-state index contributed by atoms with van der Waals surface area (Å²) in [5.74, 6) is 1.53. The van der Waals surface area contributed by atoms with Crippen LogP contribution in [0.15, 0.2) is 28.7 Å². The normalized spacial score (nSPS) is 11.4. The number of fused-ring (bicyclic) bond motifs is 1. The first-order valence-electron chi connectivity index (χ1n) is 6.92. The third kappa shape index (κ3) is 2.49. The molecule has 0 bridgehead atoms. The lowest BCUT2D eigenvalue weighted by molar-refractivity contribution is 0.659. The Hall–Kier alpha value is -1.33. The summed E-state index contributed by atoms with van der Waals surface area (Å²) in [7, 11) is 0. The zero-order valence-electron chi connectivity index (χ0n) is 12.0. The summed E-state index contributed by atoms with van der Waals surface area (Å²) in [6.07, 6.45) is 0.732. The number of hydrogen-bond donors (Lipinski definition) is 0. The van der Waals surface area contributed by atoms with Crippen LogP contribution in [-0.2, 0) is 13.0 Å². The molecule has 0 radical (unpaired) electrons. The predicted octanol–water partition coefficient (Wildman–Crippen LogP) is 4.09. The first-order valence-corrected chi connectivity index (χ1v) is 8.25. The number of aromatic nitrogens is 4. The predicted molar refractivity (Wildman–Crippen MR) is 89.4 cm³/mol. The highest BCUT2D eigenvalue weighted by Gasteiger charge is 2.18. The largest absolute Gasteiger partial charge is 0.281 e. The summed E-state index contributed by atoms with van der Waals surface area (Å²) >= 11 is 9.42. The van der Waals surface area contributed by atoms with Crippen LogP contribution in [0.25, 0.3) is 16.9 Å². The quantitative estimate of drug-likeness (QED) is 0.651. The van der Waals surface area contributed by atoms with Gasteiger partial charge in [-0.1, -0.05) is 15.9 Å². The summed E-state index contributed by atoms with van der Waals surface area (Å²) < 4.78 is 5.21. The van der Waals surface area contributed by atoms with Gasteiger partial charge in [-0.3, -0.25) is 4.57 Å². The highest BCUT2D eigenvalue weighted by molar-refractivity contribution is 9.10. The molecule has 0 saturated carbocycles. The lowest BCUT2D eigenvalue weighted by atomic mass is 10.3. The van der Waals surface area contributed by atoms with Gasteiger partial charge in [-0.2, -0.15) is 5.10 Å². The van der Waals surface area contributed by atoms with E-state index in [-0.39, 0.29) is 0 Å². The molecule has 6 heteroatoms. The summed E-state index contributed by atoms with van der Waals surface area (Å²) in [4.78, 5) is 4.75. The molecule has 0 aliphatic heterocycles. The van der Waals surface area contributed by atoms with E-state index in [4.69, 9.17) is 16.6 Å². The average molecular weight is 368 g/mol. The van der Waals surface area contributed by atoms with Gasteiger partial charge in [0, 0.05) is 29.0 Å². The molecule has 2 aromatic heterocycles. The third-order valence-electron chi connectivity index (χ3n) is 3.48. The van der Waals surface area contributed by atoms with Crippen molar-refractivity contribution in [2.24, 2.45) is 0 Å². The number of hydrogen-bond acceptors (Lipinski definition) is 2. The Bertz CT molecular complexity index is 773. The first kappa shape index (κ1) is 14.6. The Morgan fingerprint density at radius 3 is 2.57 bits per heavy atom. The second-order valence-corrected chi connectivity index (χ2v) is 6.15. The van der Waals surface area contributed by atoms with E-state index in [9.17, 15) is 0 Å². The van der Waals surface area contributed by atoms with Gasteiger partial charge in [0.15, 0.2) is 5.65 Å². The van der Waals surface area contributed by atoms with Gasteiger partial charge in [-0.15, -0.1) is 11.6 Å². The Labute approximate surface area is 136 Å². The van der Waals surface area contributed by atoms with E-state index in [0.717, 1.165) is 45.8 Å². The molecule has 0 N–H and O–H groups in total. The van der Waals surface area contributed by atoms with Crippen LogP contribution < -0.4 is 0 Å². The van der Waals surface area contributed by atoms with Crippen molar-refractivity contribution in [3.63, 3.8) is 0 Å². The molecule has 0 fully saturated rings. The van der Waals surface area contributed by atoms with Crippen LogP contribution in [0.5, 0.6) is 0 Å². The van der Waals surface area contributed by atoms with Gasteiger partial charge in [-0.25, -0.2) is 9.67 Å². The van der Waals surface area contributed by atoms with Crippen molar-refractivity contribution in [3.05, 3.63) is 40.3 Å². The zero-order valence-corrected chi connectivity index (χ0v) is 14.3. The first-order chi connectivity index (χ1) is 10.2. The summed E-state index contributed by atoms with van der Waals surface area (Å²) in [6, 6.07) is 8.22. The fraction of sp³-hybridized carbons (Fsp3) is 0.333. The smallest absolute Gasteiger partial charge is 0.163 e. The molecule has 0 spiro atoms. The number of benzene rings is 1. The monoisotopic (exact) mass is 366 g/mol. The lowest BCUT2D eigenvalue weighted by Crippen LogP contribution is -2.07. The number of aryl methyl sites for hydroxylation is 3. The van der Waals surface area contributed by atoms with Crippen molar-refractivity contribution in [2.45, 2.75) is 26.8 Å². The van der Waals surface area contributed by atoms with Gasteiger partial charge in [0.25, 0.3) is 0 Å². The van der Waals surface area contributed by atoms with E-state index in [2.05, 4.69) is 44.7 Å². The molecule has 0 aliphatic carbocycles. The number of halogens is 2.